The Kier molecular flexibility index (Phi) is 6.06. The minimum Gasteiger partial charge on any atom is -0.460 e. The van der Waals surface area contributed by atoms with Gasteiger partial charge in [-0.25, -0.2) is 0 Å². The molecule has 1 saturated carbocycles. The van der Waals surface area contributed by atoms with Crippen LogP contribution in [0.3, 0.4) is 0 Å². The van der Waals surface area contributed by atoms with Gasteiger partial charge in [0.15, 0.2) is 0 Å². The van der Waals surface area contributed by atoms with Crippen molar-refractivity contribution in [2.24, 2.45) is 11.8 Å². The summed E-state index contributed by atoms with van der Waals surface area (Å²) in [6.45, 7) is 11.7. The van der Waals surface area contributed by atoms with Crippen LogP contribution in [0.15, 0.2) is 0 Å². The van der Waals surface area contributed by atoms with Crippen LogP contribution in [0.25, 0.3) is 0 Å². The number of nitrogens with zero attached hydrogens (tertiary/aromatic N) is 1. The van der Waals surface area contributed by atoms with Gasteiger partial charge in [0.2, 0.25) is 0 Å². The van der Waals surface area contributed by atoms with E-state index in [9.17, 15) is 4.79 Å². The van der Waals surface area contributed by atoms with E-state index in [1.165, 1.54) is 45.3 Å². The molecule has 1 heterocycles. The number of ether oxygens (including phenoxy) is 1. The molecular weight excluding hydrogens is 264 g/mol. The van der Waals surface area contributed by atoms with Gasteiger partial charge in [0.05, 0.1) is 0 Å². The molecule has 2 rings (SSSR count). The van der Waals surface area contributed by atoms with E-state index >= 15 is 0 Å². The smallest absolute Gasteiger partial charge is 0.306 e. The molecule has 122 valence electrons. The normalized spacial score (nSPS) is 28.3. The van der Waals surface area contributed by atoms with Crippen LogP contribution in [0.5, 0.6) is 0 Å². The van der Waals surface area contributed by atoms with Crippen molar-refractivity contribution in [1.82, 2.24) is 10.2 Å². The molecule has 4 nitrogen and oxygen atoms in total. The standard InChI is InChI=1S/C17H32N2O2/c1-17(2,3)21-16(20)12-14-4-6-15(7-5-14)13-19-10-8-18-9-11-19/h14-15,18H,4-13H2,1-3H3/t14-,15-. The average molecular weight is 296 g/mol. The van der Waals surface area contributed by atoms with Gasteiger partial charge < -0.3 is 15.0 Å². The Hall–Kier alpha value is -0.610. The first-order valence-electron chi connectivity index (χ1n) is 8.57. The highest BCUT2D eigenvalue weighted by Crippen LogP contribution is 2.32. The molecule has 1 aliphatic heterocycles. The lowest BCUT2D eigenvalue weighted by Crippen LogP contribution is -2.45. The zero-order valence-electron chi connectivity index (χ0n) is 14.0. The third-order valence-electron chi connectivity index (χ3n) is 4.57. The van der Waals surface area contributed by atoms with Crippen molar-refractivity contribution >= 4 is 5.97 Å². The van der Waals surface area contributed by atoms with Gasteiger partial charge in [0.25, 0.3) is 0 Å². The number of hydrogen-bond acceptors (Lipinski definition) is 4. The minimum atomic E-state index is -0.351. The van der Waals surface area contributed by atoms with Crippen LogP contribution >= 0.6 is 0 Å². The summed E-state index contributed by atoms with van der Waals surface area (Å²) in [5.41, 5.74) is -0.351. The van der Waals surface area contributed by atoms with E-state index in [-0.39, 0.29) is 11.6 Å². The Bertz CT molecular complexity index is 324. The zero-order chi connectivity index (χ0) is 15.3. The number of carbonyl (C=O) groups excluding carboxylic acids is 1. The van der Waals surface area contributed by atoms with Gasteiger partial charge >= 0.3 is 5.97 Å². The second kappa shape index (κ2) is 7.59. The van der Waals surface area contributed by atoms with E-state index in [2.05, 4.69) is 10.2 Å². The maximum Gasteiger partial charge on any atom is 0.306 e. The summed E-state index contributed by atoms with van der Waals surface area (Å²) < 4.78 is 5.43. The van der Waals surface area contributed by atoms with E-state index in [1.54, 1.807) is 0 Å². The lowest BCUT2D eigenvalue weighted by Gasteiger charge is -2.34. The third kappa shape index (κ3) is 6.35. The Balaban J connectivity index is 1.64. The van der Waals surface area contributed by atoms with Crippen molar-refractivity contribution in [1.29, 1.82) is 0 Å². The summed E-state index contributed by atoms with van der Waals surface area (Å²) in [7, 11) is 0. The van der Waals surface area contributed by atoms with Crippen LogP contribution in [0.4, 0.5) is 0 Å². The molecule has 1 saturated heterocycles. The van der Waals surface area contributed by atoms with E-state index in [1.807, 2.05) is 20.8 Å². The van der Waals surface area contributed by atoms with Crippen molar-refractivity contribution in [3.05, 3.63) is 0 Å². The SMILES string of the molecule is CC(C)(C)OC(=O)C[C@H]1CC[C@H](CN2CCNCC2)CC1. The number of hydrogen-bond donors (Lipinski definition) is 1. The lowest BCUT2D eigenvalue weighted by molar-refractivity contribution is -0.156. The molecule has 0 atom stereocenters. The third-order valence-corrected chi connectivity index (χ3v) is 4.57. The summed E-state index contributed by atoms with van der Waals surface area (Å²) in [4.78, 5) is 14.5. The van der Waals surface area contributed by atoms with Crippen molar-refractivity contribution in [3.63, 3.8) is 0 Å². The molecule has 0 aromatic carbocycles. The fourth-order valence-corrected chi connectivity index (χ4v) is 3.50. The molecule has 2 fully saturated rings. The number of nitrogens with one attached hydrogen (secondary N) is 1. The van der Waals surface area contributed by atoms with Crippen LogP contribution in [-0.2, 0) is 9.53 Å². The molecule has 2 aliphatic rings. The fourth-order valence-electron chi connectivity index (χ4n) is 3.50. The molecule has 0 radical (unpaired) electrons. The topological polar surface area (TPSA) is 41.6 Å². The maximum atomic E-state index is 11.9. The fraction of sp³-hybridized carbons (Fsp3) is 0.941. The summed E-state index contributed by atoms with van der Waals surface area (Å²) in [5, 5.41) is 3.41. The Morgan fingerprint density at radius 1 is 1.10 bits per heavy atom. The van der Waals surface area contributed by atoms with Gasteiger partial charge in [-0.15, -0.1) is 0 Å². The van der Waals surface area contributed by atoms with Crippen LogP contribution in [0.2, 0.25) is 0 Å². The molecule has 0 aromatic heterocycles. The molecule has 4 heteroatoms. The van der Waals surface area contributed by atoms with Crippen molar-refractivity contribution in [2.75, 3.05) is 32.7 Å². The Labute approximate surface area is 129 Å². The number of esters is 1. The molecule has 0 aromatic rings. The summed E-state index contributed by atoms with van der Waals surface area (Å²) in [6, 6.07) is 0. The van der Waals surface area contributed by atoms with Crippen molar-refractivity contribution < 1.29 is 9.53 Å². The number of carbonyl (C=O) groups is 1. The van der Waals surface area contributed by atoms with E-state index < -0.39 is 0 Å². The van der Waals surface area contributed by atoms with Crippen molar-refractivity contribution in [3.8, 4) is 0 Å². The molecule has 0 spiro atoms. The lowest BCUT2D eigenvalue weighted by atomic mass is 9.80. The summed E-state index contributed by atoms with van der Waals surface area (Å²) in [6.07, 6.45) is 5.54. The van der Waals surface area contributed by atoms with Gasteiger partial charge in [-0.1, -0.05) is 0 Å². The summed E-state index contributed by atoms with van der Waals surface area (Å²) in [5.74, 6) is 1.35. The van der Waals surface area contributed by atoms with Gasteiger partial charge in [-0.2, -0.15) is 0 Å². The predicted octanol–water partition coefficient (Wildman–Crippen LogP) is 2.43. The Morgan fingerprint density at radius 3 is 2.24 bits per heavy atom. The van der Waals surface area contributed by atoms with Crippen LogP contribution < -0.4 is 5.32 Å². The molecule has 0 bridgehead atoms. The average Bonchev–Trinajstić information content (AvgIpc) is 2.40. The van der Waals surface area contributed by atoms with E-state index in [4.69, 9.17) is 4.74 Å². The predicted molar refractivity (Wildman–Crippen MR) is 85.2 cm³/mol. The first kappa shape index (κ1) is 16.8. The van der Waals surface area contributed by atoms with Gasteiger partial charge in [0.1, 0.15) is 5.60 Å². The molecule has 1 aliphatic carbocycles. The van der Waals surface area contributed by atoms with E-state index in [0.717, 1.165) is 19.0 Å². The Morgan fingerprint density at radius 2 is 1.67 bits per heavy atom. The molecule has 0 amide bonds. The maximum absolute atomic E-state index is 11.9. The first-order valence-corrected chi connectivity index (χ1v) is 8.57. The first-order chi connectivity index (χ1) is 9.92. The number of piperazine rings is 1. The quantitative estimate of drug-likeness (QED) is 0.809. The van der Waals surface area contributed by atoms with Gasteiger partial charge in [0, 0.05) is 39.1 Å². The molecular formula is C17H32N2O2. The highest BCUT2D eigenvalue weighted by Gasteiger charge is 2.26. The second-order valence-corrected chi connectivity index (χ2v) is 7.73. The highest BCUT2D eigenvalue weighted by atomic mass is 16.6. The van der Waals surface area contributed by atoms with Crippen LogP contribution in [-0.4, -0.2) is 49.2 Å². The van der Waals surface area contributed by atoms with Crippen LogP contribution in [0, 0.1) is 11.8 Å². The largest absolute Gasteiger partial charge is 0.460 e. The number of rotatable bonds is 4. The van der Waals surface area contributed by atoms with E-state index in [0.29, 0.717) is 12.3 Å². The van der Waals surface area contributed by atoms with Gasteiger partial charge in [-0.3, -0.25) is 4.79 Å². The molecule has 0 unspecified atom stereocenters. The zero-order valence-corrected chi connectivity index (χ0v) is 14.0. The van der Waals surface area contributed by atoms with Crippen molar-refractivity contribution in [2.45, 2.75) is 58.5 Å². The second-order valence-electron chi connectivity index (χ2n) is 7.73. The van der Waals surface area contributed by atoms with Crippen LogP contribution in [0.1, 0.15) is 52.9 Å². The highest BCUT2D eigenvalue weighted by molar-refractivity contribution is 5.70. The molecule has 21 heavy (non-hydrogen) atoms. The van der Waals surface area contributed by atoms with Gasteiger partial charge in [-0.05, 0) is 58.3 Å². The minimum absolute atomic E-state index is 0.0203. The monoisotopic (exact) mass is 296 g/mol. The molecule has 1 N–H and O–H groups in total. The summed E-state index contributed by atoms with van der Waals surface area (Å²) >= 11 is 0.